The van der Waals surface area contributed by atoms with Crippen molar-refractivity contribution in [3.05, 3.63) is 63.6 Å². The summed E-state index contributed by atoms with van der Waals surface area (Å²) in [7, 11) is -3.85. The molecule has 0 heterocycles. The molecule has 0 radical (unpaired) electrons. The van der Waals surface area contributed by atoms with Gasteiger partial charge in [-0.1, -0.05) is 55.5 Å². The SMILES string of the molecule is CC[C@@H](C(=O)NC1CCCCC1)N(Cc1ccc(Cl)cc1Cl)C(=O)CCCN(c1ccc(F)c(F)c1)S(C)(=O)=O. The summed E-state index contributed by atoms with van der Waals surface area (Å²) in [5.41, 5.74) is 0.569. The van der Waals surface area contributed by atoms with Crippen LogP contribution in [-0.2, 0) is 26.2 Å². The molecule has 12 heteroatoms. The fraction of sp³-hybridized carbons (Fsp3) is 0.500. The van der Waals surface area contributed by atoms with E-state index in [9.17, 15) is 26.8 Å². The number of hydrogen-bond donors (Lipinski definition) is 1. The fourth-order valence-corrected chi connectivity index (χ4v) is 6.37. The number of nitrogens with zero attached hydrogens (tertiary/aromatic N) is 2. The Hall–Kier alpha value is -2.43. The van der Waals surface area contributed by atoms with Gasteiger partial charge in [-0.2, -0.15) is 0 Å². The van der Waals surface area contributed by atoms with Gasteiger partial charge in [-0.25, -0.2) is 17.2 Å². The number of halogens is 4. The van der Waals surface area contributed by atoms with Gasteiger partial charge in [0.2, 0.25) is 21.8 Å². The Morgan fingerprint density at radius 3 is 2.35 bits per heavy atom. The van der Waals surface area contributed by atoms with Crippen LogP contribution in [0.3, 0.4) is 0 Å². The third-order valence-corrected chi connectivity index (χ3v) is 8.82. The van der Waals surface area contributed by atoms with Crippen LogP contribution >= 0.6 is 23.2 Å². The molecule has 1 aliphatic rings. The van der Waals surface area contributed by atoms with Crippen molar-refractivity contribution in [2.24, 2.45) is 0 Å². The predicted molar refractivity (Wildman–Crippen MR) is 154 cm³/mol. The van der Waals surface area contributed by atoms with Crippen molar-refractivity contribution < 1.29 is 26.8 Å². The minimum absolute atomic E-state index is 0.0445. The van der Waals surface area contributed by atoms with E-state index in [2.05, 4.69) is 5.32 Å². The van der Waals surface area contributed by atoms with E-state index in [0.717, 1.165) is 54.8 Å². The maximum Gasteiger partial charge on any atom is 0.243 e. The first kappa shape index (κ1) is 32.1. The first-order valence-corrected chi connectivity index (χ1v) is 16.0. The van der Waals surface area contributed by atoms with Crippen molar-refractivity contribution in [2.75, 3.05) is 17.1 Å². The molecule has 0 spiro atoms. The second kappa shape index (κ2) is 14.5. The Kier molecular flexibility index (Phi) is 11.6. The predicted octanol–water partition coefficient (Wildman–Crippen LogP) is 6.07. The minimum Gasteiger partial charge on any atom is -0.352 e. The lowest BCUT2D eigenvalue weighted by atomic mass is 9.95. The summed E-state index contributed by atoms with van der Waals surface area (Å²) in [5, 5.41) is 3.89. The molecule has 3 rings (SSSR count). The van der Waals surface area contributed by atoms with Crippen molar-refractivity contribution in [1.82, 2.24) is 10.2 Å². The monoisotopic (exact) mass is 617 g/mol. The van der Waals surface area contributed by atoms with E-state index in [-0.39, 0.29) is 49.5 Å². The van der Waals surface area contributed by atoms with Crippen LogP contribution in [0, 0.1) is 11.6 Å². The van der Waals surface area contributed by atoms with E-state index in [1.807, 2.05) is 6.92 Å². The molecule has 0 aliphatic heterocycles. The Balaban J connectivity index is 1.79. The van der Waals surface area contributed by atoms with Crippen LogP contribution in [0.4, 0.5) is 14.5 Å². The van der Waals surface area contributed by atoms with Gasteiger partial charge in [-0.3, -0.25) is 13.9 Å². The van der Waals surface area contributed by atoms with E-state index in [0.29, 0.717) is 22.0 Å². The van der Waals surface area contributed by atoms with Crippen molar-refractivity contribution in [1.29, 1.82) is 0 Å². The van der Waals surface area contributed by atoms with E-state index in [4.69, 9.17) is 23.2 Å². The van der Waals surface area contributed by atoms with E-state index in [1.54, 1.807) is 18.2 Å². The molecular formula is C28H35Cl2F2N3O4S. The van der Waals surface area contributed by atoms with Gasteiger partial charge >= 0.3 is 0 Å². The molecule has 0 unspecified atom stereocenters. The molecule has 2 aromatic carbocycles. The van der Waals surface area contributed by atoms with Gasteiger partial charge in [0.25, 0.3) is 0 Å². The second-order valence-corrected chi connectivity index (χ2v) is 12.8. The van der Waals surface area contributed by atoms with Crippen LogP contribution in [0.2, 0.25) is 10.0 Å². The molecule has 1 atom stereocenters. The number of carbonyl (C=O) groups is 2. The van der Waals surface area contributed by atoms with Crippen molar-refractivity contribution in [3.63, 3.8) is 0 Å². The summed E-state index contributed by atoms with van der Waals surface area (Å²) >= 11 is 12.4. The molecule has 2 amide bonds. The first-order chi connectivity index (χ1) is 18.9. The quantitative estimate of drug-likeness (QED) is 0.313. The zero-order valence-corrected chi connectivity index (χ0v) is 25.0. The molecule has 40 heavy (non-hydrogen) atoms. The average Bonchev–Trinajstić information content (AvgIpc) is 2.89. The molecule has 0 bridgehead atoms. The molecule has 1 fully saturated rings. The van der Waals surface area contributed by atoms with E-state index in [1.165, 1.54) is 11.0 Å². The van der Waals surface area contributed by atoms with Crippen LogP contribution in [-0.4, -0.2) is 50.0 Å². The zero-order chi connectivity index (χ0) is 29.4. The molecule has 1 aliphatic carbocycles. The first-order valence-electron chi connectivity index (χ1n) is 13.4. The normalized spacial score (nSPS) is 14.9. The largest absolute Gasteiger partial charge is 0.352 e. The number of rotatable bonds is 12. The number of benzene rings is 2. The lowest BCUT2D eigenvalue weighted by Gasteiger charge is -2.33. The number of sulfonamides is 1. The second-order valence-electron chi connectivity index (χ2n) is 10.1. The zero-order valence-electron chi connectivity index (χ0n) is 22.6. The highest BCUT2D eigenvalue weighted by molar-refractivity contribution is 7.92. The Labute approximate surface area is 244 Å². The average molecular weight is 619 g/mol. The molecule has 2 aromatic rings. The number of amides is 2. The van der Waals surface area contributed by atoms with Crippen LogP contribution in [0.15, 0.2) is 36.4 Å². The standard InChI is InChI=1S/C28H35Cl2F2N3O4S/c1-3-26(28(37)33-21-8-5-4-6-9-21)34(18-19-11-12-20(29)16-23(19)30)27(36)10-7-15-35(40(2,38)39)22-13-14-24(31)25(32)17-22/h11-14,16-17,21,26H,3-10,15,18H2,1-2H3,(H,33,37)/t26-/m0/s1. The molecule has 220 valence electrons. The van der Waals surface area contributed by atoms with Crippen molar-refractivity contribution in [2.45, 2.75) is 76.9 Å². The van der Waals surface area contributed by atoms with Gasteiger partial charge in [-0.15, -0.1) is 0 Å². The highest BCUT2D eigenvalue weighted by Gasteiger charge is 2.31. The number of anilines is 1. The summed E-state index contributed by atoms with van der Waals surface area (Å²) < 4.78 is 53.0. The number of nitrogens with one attached hydrogen (secondary N) is 1. The Morgan fingerprint density at radius 2 is 1.75 bits per heavy atom. The molecule has 0 saturated heterocycles. The van der Waals surface area contributed by atoms with E-state index < -0.39 is 27.7 Å². The highest BCUT2D eigenvalue weighted by Crippen LogP contribution is 2.26. The fourth-order valence-electron chi connectivity index (χ4n) is 4.94. The molecular weight excluding hydrogens is 583 g/mol. The van der Waals surface area contributed by atoms with Gasteiger partial charge < -0.3 is 10.2 Å². The van der Waals surface area contributed by atoms with Crippen molar-refractivity contribution in [3.8, 4) is 0 Å². The summed E-state index contributed by atoms with van der Waals surface area (Å²) in [4.78, 5) is 28.4. The lowest BCUT2D eigenvalue weighted by molar-refractivity contribution is -0.141. The van der Waals surface area contributed by atoms with Gasteiger partial charge in [0, 0.05) is 41.7 Å². The minimum atomic E-state index is -3.85. The van der Waals surface area contributed by atoms with Crippen LogP contribution < -0.4 is 9.62 Å². The third kappa shape index (κ3) is 8.78. The molecule has 0 aromatic heterocycles. The molecule has 1 N–H and O–H groups in total. The van der Waals surface area contributed by atoms with Crippen LogP contribution in [0.1, 0.15) is 63.9 Å². The number of hydrogen-bond acceptors (Lipinski definition) is 4. The maximum atomic E-state index is 13.8. The number of carbonyl (C=O) groups excluding carboxylic acids is 2. The van der Waals surface area contributed by atoms with Gasteiger partial charge in [0.15, 0.2) is 11.6 Å². The Bertz CT molecular complexity index is 1310. The third-order valence-electron chi connectivity index (χ3n) is 7.04. The van der Waals surface area contributed by atoms with Crippen molar-refractivity contribution >= 4 is 50.7 Å². The Morgan fingerprint density at radius 1 is 1.05 bits per heavy atom. The van der Waals surface area contributed by atoms with Crippen LogP contribution in [0.5, 0.6) is 0 Å². The maximum absolute atomic E-state index is 13.8. The van der Waals surface area contributed by atoms with Crippen LogP contribution in [0.25, 0.3) is 0 Å². The lowest BCUT2D eigenvalue weighted by Crippen LogP contribution is -2.51. The topological polar surface area (TPSA) is 86.8 Å². The van der Waals surface area contributed by atoms with Gasteiger partial charge in [-0.05, 0) is 55.5 Å². The summed E-state index contributed by atoms with van der Waals surface area (Å²) in [5.74, 6) is -2.88. The molecule has 1 saturated carbocycles. The van der Waals surface area contributed by atoms with Gasteiger partial charge in [0.1, 0.15) is 6.04 Å². The smallest absolute Gasteiger partial charge is 0.243 e. The van der Waals surface area contributed by atoms with E-state index >= 15 is 0 Å². The summed E-state index contributed by atoms with van der Waals surface area (Å²) in [6.07, 6.45) is 6.31. The van der Waals surface area contributed by atoms with Gasteiger partial charge in [0.05, 0.1) is 11.9 Å². The highest BCUT2D eigenvalue weighted by atomic mass is 35.5. The summed E-state index contributed by atoms with van der Waals surface area (Å²) in [6.45, 7) is 1.74. The molecule has 7 nitrogen and oxygen atoms in total. The summed E-state index contributed by atoms with van der Waals surface area (Å²) in [6, 6.07) is 7.03.